The van der Waals surface area contributed by atoms with E-state index in [4.69, 9.17) is 0 Å². The molecule has 1 aromatic carbocycles. The molecule has 0 aromatic heterocycles. The van der Waals surface area contributed by atoms with Crippen molar-refractivity contribution in [2.45, 2.75) is 6.42 Å². The maximum absolute atomic E-state index is 11.7. The van der Waals surface area contributed by atoms with E-state index in [1.54, 1.807) is 0 Å². The van der Waals surface area contributed by atoms with Crippen LogP contribution in [0.15, 0.2) is 24.3 Å². The summed E-state index contributed by atoms with van der Waals surface area (Å²) in [6.45, 7) is 0.553. The minimum Gasteiger partial charge on any atom is -0.465 e. The smallest absolute Gasteiger partial charge is 0.362 e. The van der Waals surface area contributed by atoms with E-state index in [2.05, 4.69) is 15.1 Å². The topological polar surface area (TPSA) is 84.9 Å². The van der Waals surface area contributed by atoms with Crippen LogP contribution in [-0.4, -0.2) is 50.5 Å². The number of carbonyl (C=O) groups is 3. The van der Waals surface area contributed by atoms with Crippen LogP contribution in [0, 0.1) is 0 Å². The van der Waals surface area contributed by atoms with Gasteiger partial charge in [0.2, 0.25) is 0 Å². The van der Waals surface area contributed by atoms with Crippen molar-refractivity contribution >= 4 is 17.8 Å². The Hall–Kier alpha value is -2.41. The van der Waals surface area contributed by atoms with Crippen LogP contribution in [0.5, 0.6) is 0 Å². The van der Waals surface area contributed by atoms with Crippen LogP contribution >= 0.6 is 0 Å². The van der Waals surface area contributed by atoms with Crippen molar-refractivity contribution < 1.29 is 24.0 Å². The van der Waals surface area contributed by atoms with E-state index < -0.39 is 11.9 Å². The van der Waals surface area contributed by atoms with Gasteiger partial charge in [0, 0.05) is 13.0 Å². The van der Waals surface area contributed by atoms with E-state index >= 15 is 0 Å². The number of nitrogens with zero attached hydrogens (tertiary/aromatic N) is 1. The molecule has 7 heteroatoms. The fourth-order valence-corrected chi connectivity index (χ4v) is 1.40. The second-order valence-corrected chi connectivity index (χ2v) is 4.54. The maximum atomic E-state index is 11.7. The van der Waals surface area contributed by atoms with E-state index in [1.807, 2.05) is 19.0 Å². The molecule has 0 radical (unpaired) electrons. The minimum atomic E-state index is -0.704. The van der Waals surface area contributed by atoms with Crippen molar-refractivity contribution in [1.29, 1.82) is 0 Å². The molecule has 0 unspecified atom stereocenters. The van der Waals surface area contributed by atoms with Gasteiger partial charge in [-0.1, -0.05) is 0 Å². The summed E-state index contributed by atoms with van der Waals surface area (Å²) in [4.78, 5) is 40.8. The molecule has 114 valence electrons. The highest BCUT2D eigenvalue weighted by molar-refractivity contribution is 5.93. The average molecular weight is 294 g/mol. The predicted molar refractivity (Wildman–Crippen MR) is 74.5 cm³/mol. The molecule has 0 aliphatic heterocycles. The Morgan fingerprint density at radius 2 is 1.57 bits per heavy atom. The molecule has 1 rings (SSSR count). The first-order valence-corrected chi connectivity index (χ1v) is 6.27. The van der Waals surface area contributed by atoms with Gasteiger partial charge in [-0.3, -0.25) is 4.79 Å². The van der Waals surface area contributed by atoms with Crippen LogP contribution in [0.1, 0.15) is 27.1 Å². The first-order valence-electron chi connectivity index (χ1n) is 6.27. The SMILES string of the molecule is COC(=O)c1ccc(C(=O)ONC(=O)CCN(C)C)cc1. The van der Waals surface area contributed by atoms with E-state index in [1.165, 1.54) is 31.4 Å². The van der Waals surface area contributed by atoms with Gasteiger partial charge >= 0.3 is 11.9 Å². The molecule has 7 nitrogen and oxygen atoms in total. The molecular formula is C14H18N2O5. The van der Waals surface area contributed by atoms with Crippen LogP contribution < -0.4 is 5.48 Å². The summed E-state index contributed by atoms with van der Waals surface area (Å²) in [6, 6.07) is 5.72. The summed E-state index contributed by atoms with van der Waals surface area (Å²) in [6.07, 6.45) is 0.224. The van der Waals surface area contributed by atoms with Crippen molar-refractivity contribution in [2.75, 3.05) is 27.7 Å². The van der Waals surface area contributed by atoms with E-state index in [0.29, 0.717) is 12.1 Å². The predicted octanol–water partition coefficient (Wildman–Crippen LogP) is 0.613. The third-order valence-electron chi connectivity index (χ3n) is 2.59. The molecule has 0 saturated carbocycles. The quantitative estimate of drug-likeness (QED) is 0.633. The Kier molecular flexibility index (Phi) is 6.35. The van der Waals surface area contributed by atoms with Gasteiger partial charge < -0.3 is 14.5 Å². The maximum Gasteiger partial charge on any atom is 0.362 e. The second kappa shape index (κ2) is 8.01. The van der Waals surface area contributed by atoms with Crippen LogP contribution in [0.25, 0.3) is 0 Å². The lowest BCUT2D eigenvalue weighted by Gasteiger charge is -2.09. The van der Waals surface area contributed by atoms with Crippen LogP contribution in [-0.2, 0) is 14.4 Å². The Morgan fingerprint density at radius 3 is 2.05 bits per heavy atom. The summed E-state index contributed by atoms with van der Waals surface area (Å²) in [7, 11) is 4.94. The number of benzene rings is 1. The minimum absolute atomic E-state index is 0.218. The molecule has 0 spiro atoms. The summed E-state index contributed by atoms with van der Waals surface area (Å²) < 4.78 is 4.55. The Morgan fingerprint density at radius 1 is 1.05 bits per heavy atom. The lowest BCUT2D eigenvalue weighted by molar-refractivity contribution is -0.130. The zero-order valence-corrected chi connectivity index (χ0v) is 12.2. The highest BCUT2D eigenvalue weighted by atomic mass is 16.7. The van der Waals surface area contributed by atoms with Gasteiger partial charge in [0.25, 0.3) is 5.91 Å². The summed E-state index contributed by atoms with van der Waals surface area (Å²) in [5, 5.41) is 0. The number of amides is 1. The molecule has 0 aliphatic rings. The fourth-order valence-electron chi connectivity index (χ4n) is 1.40. The first-order chi connectivity index (χ1) is 9.93. The van der Waals surface area contributed by atoms with Gasteiger partial charge in [-0.15, -0.1) is 0 Å². The second-order valence-electron chi connectivity index (χ2n) is 4.54. The lowest BCUT2D eigenvalue weighted by Crippen LogP contribution is -2.29. The van der Waals surface area contributed by atoms with Crippen molar-refractivity contribution in [2.24, 2.45) is 0 Å². The summed E-state index contributed by atoms with van der Waals surface area (Å²) >= 11 is 0. The number of ether oxygens (including phenoxy) is 1. The highest BCUT2D eigenvalue weighted by Gasteiger charge is 2.12. The third kappa shape index (κ3) is 5.62. The summed E-state index contributed by atoms with van der Waals surface area (Å²) in [5.74, 6) is -1.58. The summed E-state index contributed by atoms with van der Waals surface area (Å²) in [5.41, 5.74) is 2.62. The molecule has 1 aromatic rings. The molecule has 0 fully saturated rings. The number of nitrogens with one attached hydrogen (secondary N) is 1. The molecule has 1 amide bonds. The van der Waals surface area contributed by atoms with Crippen LogP contribution in [0.3, 0.4) is 0 Å². The number of hydrogen-bond donors (Lipinski definition) is 1. The van der Waals surface area contributed by atoms with Gasteiger partial charge in [-0.05, 0) is 38.4 Å². The zero-order chi connectivity index (χ0) is 15.8. The number of hydrogen-bond acceptors (Lipinski definition) is 6. The van der Waals surface area contributed by atoms with Gasteiger partial charge in [0.05, 0.1) is 18.2 Å². The average Bonchev–Trinajstić information content (AvgIpc) is 2.49. The van der Waals surface area contributed by atoms with Crippen molar-refractivity contribution in [3.8, 4) is 0 Å². The van der Waals surface area contributed by atoms with E-state index in [0.717, 1.165) is 0 Å². The van der Waals surface area contributed by atoms with E-state index in [9.17, 15) is 14.4 Å². The van der Waals surface area contributed by atoms with Crippen molar-refractivity contribution in [1.82, 2.24) is 10.4 Å². The normalized spacial score (nSPS) is 10.1. The largest absolute Gasteiger partial charge is 0.465 e. The number of methoxy groups -OCH3 is 1. The van der Waals surface area contributed by atoms with Gasteiger partial charge in [-0.25, -0.2) is 9.59 Å². The van der Waals surface area contributed by atoms with Crippen LogP contribution in [0.4, 0.5) is 0 Å². The van der Waals surface area contributed by atoms with Gasteiger partial charge in [0.1, 0.15) is 0 Å². The van der Waals surface area contributed by atoms with Crippen molar-refractivity contribution in [3.63, 3.8) is 0 Å². The molecule has 0 saturated heterocycles. The lowest BCUT2D eigenvalue weighted by atomic mass is 10.1. The first kappa shape index (κ1) is 16.6. The van der Waals surface area contributed by atoms with Crippen LogP contribution in [0.2, 0.25) is 0 Å². The standard InChI is InChI=1S/C14H18N2O5/c1-16(2)9-8-12(17)15-21-14(19)11-6-4-10(5-7-11)13(18)20-3/h4-7H,8-9H2,1-3H3,(H,15,17). The number of rotatable bonds is 5. The Bertz CT molecular complexity index is 511. The van der Waals surface area contributed by atoms with Crippen molar-refractivity contribution in [3.05, 3.63) is 35.4 Å². The Labute approximate surface area is 122 Å². The number of hydroxylamine groups is 1. The van der Waals surface area contributed by atoms with Gasteiger partial charge in [0.15, 0.2) is 0 Å². The Balaban J connectivity index is 2.48. The molecule has 21 heavy (non-hydrogen) atoms. The molecule has 0 heterocycles. The molecule has 0 atom stereocenters. The zero-order valence-electron chi connectivity index (χ0n) is 12.2. The molecular weight excluding hydrogens is 276 g/mol. The monoisotopic (exact) mass is 294 g/mol. The van der Waals surface area contributed by atoms with Gasteiger partial charge in [-0.2, -0.15) is 5.48 Å². The number of carbonyl (C=O) groups excluding carboxylic acids is 3. The fraction of sp³-hybridized carbons (Fsp3) is 0.357. The molecule has 0 aliphatic carbocycles. The third-order valence-corrected chi connectivity index (χ3v) is 2.59. The highest BCUT2D eigenvalue weighted by Crippen LogP contribution is 2.06. The molecule has 1 N–H and O–H groups in total. The van der Waals surface area contributed by atoms with E-state index in [-0.39, 0.29) is 17.9 Å². The molecule has 0 bridgehead atoms. The number of esters is 1.